The largest absolute Gasteiger partial charge is 0.369 e. The lowest BCUT2D eigenvalue weighted by Crippen LogP contribution is -2.27. The molecule has 100 valence electrons. The fraction of sp³-hybridized carbons (Fsp3) is 0.364. The van der Waals surface area contributed by atoms with Crippen LogP contribution >= 0.6 is 0 Å². The molecule has 8 nitrogen and oxygen atoms in total. The summed E-state index contributed by atoms with van der Waals surface area (Å²) in [5.74, 6) is 0.844. The molecule has 0 unspecified atom stereocenters. The number of hydrogen-bond donors (Lipinski definition) is 2. The molecule has 1 amide bonds. The van der Waals surface area contributed by atoms with Crippen LogP contribution in [0.2, 0.25) is 0 Å². The minimum Gasteiger partial charge on any atom is -0.369 e. The van der Waals surface area contributed by atoms with Gasteiger partial charge in [-0.2, -0.15) is 4.98 Å². The van der Waals surface area contributed by atoms with Crippen molar-refractivity contribution in [2.24, 2.45) is 0 Å². The molecule has 0 aromatic carbocycles. The zero-order chi connectivity index (χ0) is 13.5. The maximum Gasteiger partial charge on any atom is 0.271 e. The molecule has 0 saturated carbocycles. The highest BCUT2D eigenvalue weighted by molar-refractivity contribution is 5.92. The summed E-state index contributed by atoms with van der Waals surface area (Å²) in [7, 11) is 0. The third-order valence-electron chi connectivity index (χ3n) is 2.27. The normalized spacial score (nSPS) is 10.2. The predicted molar refractivity (Wildman–Crippen MR) is 66.5 cm³/mol. The van der Waals surface area contributed by atoms with Gasteiger partial charge in [0.05, 0.1) is 12.4 Å². The highest BCUT2D eigenvalue weighted by atomic mass is 16.5. The summed E-state index contributed by atoms with van der Waals surface area (Å²) < 4.78 is 4.59. The highest BCUT2D eigenvalue weighted by Gasteiger charge is 2.08. The van der Waals surface area contributed by atoms with Crippen molar-refractivity contribution >= 4 is 11.7 Å². The molecule has 8 heteroatoms. The number of carbonyl (C=O) groups excluding carboxylic acids is 1. The molecule has 0 aliphatic rings. The Morgan fingerprint density at radius 1 is 1.42 bits per heavy atom. The molecular weight excluding hydrogens is 248 g/mol. The summed E-state index contributed by atoms with van der Waals surface area (Å²) in [6.07, 6.45) is 4.75. The zero-order valence-electron chi connectivity index (χ0n) is 10.5. The Hall–Kier alpha value is -2.51. The van der Waals surface area contributed by atoms with E-state index in [0.717, 1.165) is 6.54 Å². The first-order valence-electron chi connectivity index (χ1n) is 5.89. The standard InChI is InChI=1S/C11H14N6O2/c1-2-13-10-6-12-5-8(16-10)11(18)14-4-3-9-15-7-19-17-9/h5-7H,2-4H2,1H3,(H,13,16)(H,14,18). The van der Waals surface area contributed by atoms with Gasteiger partial charge in [-0.15, -0.1) is 0 Å². The van der Waals surface area contributed by atoms with Gasteiger partial charge in [0.25, 0.3) is 5.91 Å². The first-order chi connectivity index (χ1) is 9.29. The second-order valence-electron chi connectivity index (χ2n) is 3.67. The maximum absolute atomic E-state index is 11.8. The number of amides is 1. The van der Waals surface area contributed by atoms with Gasteiger partial charge in [0.15, 0.2) is 5.82 Å². The number of carbonyl (C=O) groups is 1. The van der Waals surface area contributed by atoms with Crippen LogP contribution in [0.1, 0.15) is 23.2 Å². The van der Waals surface area contributed by atoms with Gasteiger partial charge in [-0.3, -0.25) is 9.78 Å². The van der Waals surface area contributed by atoms with Gasteiger partial charge < -0.3 is 15.2 Å². The Morgan fingerprint density at radius 3 is 3.05 bits per heavy atom. The van der Waals surface area contributed by atoms with Crippen LogP contribution in [-0.4, -0.2) is 39.1 Å². The fourth-order valence-electron chi connectivity index (χ4n) is 1.42. The minimum atomic E-state index is -0.282. The van der Waals surface area contributed by atoms with E-state index in [1.165, 1.54) is 12.6 Å². The summed E-state index contributed by atoms with van der Waals surface area (Å²) >= 11 is 0. The van der Waals surface area contributed by atoms with E-state index >= 15 is 0 Å². The summed E-state index contributed by atoms with van der Waals surface area (Å²) in [6.45, 7) is 3.07. The summed E-state index contributed by atoms with van der Waals surface area (Å²) in [5.41, 5.74) is 0.270. The SMILES string of the molecule is CCNc1cncc(C(=O)NCCc2ncon2)n1. The Kier molecular flexibility index (Phi) is 4.38. The number of nitrogens with zero attached hydrogens (tertiary/aromatic N) is 4. The van der Waals surface area contributed by atoms with Gasteiger partial charge in [0.2, 0.25) is 6.39 Å². The van der Waals surface area contributed by atoms with Crippen LogP contribution in [0.15, 0.2) is 23.3 Å². The van der Waals surface area contributed by atoms with Gasteiger partial charge in [-0.1, -0.05) is 5.16 Å². The van der Waals surface area contributed by atoms with E-state index in [1.54, 1.807) is 6.20 Å². The van der Waals surface area contributed by atoms with Crippen molar-refractivity contribution in [1.29, 1.82) is 0 Å². The molecule has 0 saturated heterocycles. The summed E-state index contributed by atoms with van der Waals surface area (Å²) in [4.78, 5) is 23.8. The first kappa shape index (κ1) is 12.9. The molecule has 2 aromatic rings. The minimum absolute atomic E-state index is 0.270. The predicted octanol–water partition coefficient (Wildman–Crippen LogP) is 0.264. The van der Waals surface area contributed by atoms with E-state index in [1.807, 2.05) is 6.92 Å². The lowest BCUT2D eigenvalue weighted by Gasteiger charge is -2.05. The molecular formula is C11H14N6O2. The molecule has 2 heterocycles. The average Bonchev–Trinajstić information content (AvgIpc) is 2.92. The van der Waals surface area contributed by atoms with E-state index in [2.05, 4.69) is 35.3 Å². The van der Waals surface area contributed by atoms with Gasteiger partial charge in [0, 0.05) is 19.5 Å². The lowest BCUT2D eigenvalue weighted by molar-refractivity contribution is 0.0948. The van der Waals surface area contributed by atoms with E-state index in [0.29, 0.717) is 24.6 Å². The van der Waals surface area contributed by atoms with Crippen molar-refractivity contribution in [1.82, 2.24) is 25.4 Å². The van der Waals surface area contributed by atoms with E-state index in [9.17, 15) is 4.79 Å². The molecule has 2 rings (SSSR count). The maximum atomic E-state index is 11.8. The van der Waals surface area contributed by atoms with Crippen molar-refractivity contribution in [3.63, 3.8) is 0 Å². The Labute approximate surface area is 109 Å². The van der Waals surface area contributed by atoms with Gasteiger partial charge in [0.1, 0.15) is 11.5 Å². The first-order valence-corrected chi connectivity index (χ1v) is 5.89. The number of rotatable bonds is 6. The van der Waals surface area contributed by atoms with Gasteiger partial charge in [-0.25, -0.2) is 4.98 Å². The summed E-state index contributed by atoms with van der Waals surface area (Å²) in [6, 6.07) is 0. The van der Waals surface area contributed by atoms with Crippen LogP contribution in [0.25, 0.3) is 0 Å². The van der Waals surface area contributed by atoms with Crippen molar-refractivity contribution in [2.75, 3.05) is 18.4 Å². The third-order valence-corrected chi connectivity index (χ3v) is 2.27. The van der Waals surface area contributed by atoms with E-state index in [-0.39, 0.29) is 11.6 Å². The Bertz CT molecular complexity index is 528. The number of nitrogens with one attached hydrogen (secondary N) is 2. The van der Waals surface area contributed by atoms with Gasteiger partial charge in [-0.05, 0) is 6.92 Å². The number of anilines is 1. The molecule has 0 aliphatic heterocycles. The van der Waals surface area contributed by atoms with Crippen LogP contribution in [0.4, 0.5) is 5.82 Å². The van der Waals surface area contributed by atoms with E-state index in [4.69, 9.17) is 0 Å². The molecule has 19 heavy (non-hydrogen) atoms. The van der Waals surface area contributed by atoms with Crippen LogP contribution in [0.5, 0.6) is 0 Å². The lowest BCUT2D eigenvalue weighted by atomic mass is 10.3. The molecule has 0 fully saturated rings. The zero-order valence-corrected chi connectivity index (χ0v) is 10.5. The smallest absolute Gasteiger partial charge is 0.271 e. The van der Waals surface area contributed by atoms with Crippen LogP contribution < -0.4 is 10.6 Å². The number of aromatic nitrogens is 4. The van der Waals surface area contributed by atoms with Crippen LogP contribution in [0.3, 0.4) is 0 Å². The molecule has 0 aliphatic carbocycles. The Morgan fingerprint density at radius 2 is 2.32 bits per heavy atom. The molecule has 0 atom stereocenters. The van der Waals surface area contributed by atoms with Crippen molar-refractivity contribution in [3.05, 3.63) is 30.3 Å². The topological polar surface area (TPSA) is 106 Å². The van der Waals surface area contributed by atoms with Crippen LogP contribution in [0, 0.1) is 0 Å². The molecule has 2 aromatic heterocycles. The highest BCUT2D eigenvalue weighted by Crippen LogP contribution is 2.01. The van der Waals surface area contributed by atoms with E-state index < -0.39 is 0 Å². The number of hydrogen-bond acceptors (Lipinski definition) is 7. The average molecular weight is 262 g/mol. The monoisotopic (exact) mass is 262 g/mol. The molecule has 2 N–H and O–H groups in total. The van der Waals surface area contributed by atoms with Crippen molar-refractivity contribution in [2.45, 2.75) is 13.3 Å². The summed E-state index contributed by atoms with van der Waals surface area (Å²) in [5, 5.41) is 9.36. The molecule has 0 spiro atoms. The fourth-order valence-corrected chi connectivity index (χ4v) is 1.42. The third kappa shape index (κ3) is 3.73. The molecule has 0 bridgehead atoms. The van der Waals surface area contributed by atoms with Crippen molar-refractivity contribution in [3.8, 4) is 0 Å². The van der Waals surface area contributed by atoms with Gasteiger partial charge >= 0.3 is 0 Å². The second kappa shape index (κ2) is 6.43. The van der Waals surface area contributed by atoms with Crippen LogP contribution in [-0.2, 0) is 6.42 Å². The second-order valence-corrected chi connectivity index (χ2v) is 3.67. The Balaban J connectivity index is 1.87. The quantitative estimate of drug-likeness (QED) is 0.769. The molecule has 0 radical (unpaired) electrons. The van der Waals surface area contributed by atoms with Crippen molar-refractivity contribution < 1.29 is 9.32 Å².